The molecule has 0 amide bonds. The number of pyridine rings is 1. The molecule has 0 fully saturated rings. The van der Waals surface area contributed by atoms with E-state index in [0.717, 1.165) is 0 Å². The van der Waals surface area contributed by atoms with Crippen LogP contribution in [-0.4, -0.2) is 27.9 Å². The van der Waals surface area contributed by atoms with Gasteiger partial charge in [0.05, 0.1) is 21.5 Å². The van der Waals surface area contributed by atoms with Crippen molar-refractivity contribution in [2.24, 2.45) is 0 Å². The third kappa shape index (κ3) is 6.24. The van der Waals surface area contributed by atoms with E-state index in [1.165, 1.54) is 18.3 Å². The Kier molecular flexibility index (Phi) is 6.45. The third-order valence-electron chi connectivity index (χ3n) is 3.10. The number of rotatable bonds is 7. The average Bonchev–Trinajstić information content (AvgIpc) is 2.50. The summed E-state index contributed by atoms with van der Waals surface area (Å²) in [5.41, 5.74) is -1.34. The summed E-state index contributed by atoms with van der Waals surface area (Å²) in [6, 6.07) is 5.90. The fourth-order valence-electron chi connectivity index (χ4n) is 2.30. The number of aromatic nitrogens is 1. The summed E-state index contributed by atoms with van der Waals surface area (Å²) in [5, 5.41) is 11.5. The third-order valence-corrected chi connectivity index (χ3v) is 5.07. The molecule has 0 aliphatic rings. The molecule has 0 aliphatic carbocycles. The lowest BCUT2D eigenvalue weighted by Crippen LogP contribution is -2.25. The first-order chi connectivity index (χ1) is 12.8. The topological polar surface area (TPSA) is 110 Å². The summed E-state index contributed by atoms with van der Waals surface area (Å²) < 4.78 is 34.9. The van der Waals surface area contributed by atoms with E-state index in [9.17, 15) is 14.7 Å². The number of nitro groups is 1. The second kappa shape index (κ2) is 8.13. The number of fused-ring (bicyclic) bond motifs is 1. The standard InChI is InChI=1S/C18H25N2O7P/c1-17(2,3)26-28(23,27-18(4,5)6)25-12-24-15-10-9-14(20(21)22)13-8-7-11-19-16(13)15/h7-11H,12H2,1-6H3. The van der Waals surface area contributed by atoms with Gasteiger partial charge in [0, 0.05) is 12.3 Å². The SMILES string of the molecule is CC(C)(C)OP(=O)(OCOc1ccc([N+](=O)[O-])c2cccnc12)OC(C)(C)C. The molecule has 1 aromatic heterocycles. The van der Waals surface area contributed by atoms with Crippen LogP contribution >= 0.6 is 7.82 Å². The van der Waals surface area contributed by atoms with Crippen molar-refractivity contribution in [1.82, 2.24) is 4.98 Å². The largest absolute Gasteiger partial charge is 0.478 e. The van der Waals surface area contributed by atoms with Crippen LogP contribution in [0.2, 0.25) is 0 Å². The van der Waals surface area contributed by atoms with Crippen LogP contribution in [0.25, 0.3) is 10.9 Å². The first-order valence-corrected chi connectivity index (χ1v) is 10.1. The average molecular weight is 412 g/mol. The molecular weight excluding hydrogens is 387 g/mol. The highest BCUT2D eigenvalue weighted by atomic mass is 31.2. The zero-order valence-electron chi connectivity index (χ0n) is 16.8. The molecule has 0 N–H and O–H groups in total. The van der Waals surface area contributed by atoms with Gasteiger partial charge in [-0.15, -0.1) is 0 Å². The van der Waals surface area contributed by atoms with Crippen molar-refractivity contribution in [3.8, 4) is 5.75 Å². The molecule has 0 saturated heterocycles. The Labute approximate surface area is 163 Å². The summed E-state index contributed by atoms with van der Waals surface area (Å²) in [5.74, 6) is 0.249. The van der Waals surface area contributed by atoms with Crippen LogP contribution in [0.4, 0.5) is 5.69 Å². The van der Waals surface area contributed by atoms with Crippen LogP contribution < -0.4 is 4.74 Å². The minimum absolute atomic E-state index is 0.0887. The van der Waals surface area contributed by atoms with Gasteiger partial charge in [0.15, 0.2) is 6.79 Å². The van der Waals surface area contributed by atoms with Crippen molar-refractivity contribution < 1.29 is 27.8 Å². The van der Waals surface area contributed by atoms with E-state index in [4.69, 9.17) is 18.3 Å². The molecule has 0 bridgehead atoms. The second-order valence-electron chi connectivity index (χ2n) is 7.99. The van der Waals surface area contributed by atoms with Gasteiger partial charge >= 0.3 is 7.82 Å². The van der Waals surface area contributed by atoms with Crippen LogP contribution in [0.3, 0.4) is 0 Å². The first-order valence-electron chi connectivity index (χ1n) is 8.61. The molecular formula is C18H25N2O7P. The molecule has 0 radical (unpaired) electrons. The van der Waals surface area contributed by atoms with Crippen molar-refractivity contribution in [3.63, 3.8) is 0 Å². The van der Waals surface area contributed by atoms with Gasteiger partial charge in [-0.2, -0.15) is 0 Å². The Morgan fingerprint density at radius 1 is 1.07 bits per heavy atom. The molecule has 1 aromatic carbocycles. The summed E-state index contributed by atoms with van der Waals surface area (Å²) in [7, 11) is -3.94. The first kappa shape index (κ1) is 22.2. The number of non-ortho nitro benzene ring substituents is 1. The Hall–Kier alpha value is -2.06. The molecule has 0 aliphatic heterocycles. The normalized spacial score (nSPS) is 12.9. The Morgan fingerprint density at radius 2 is 1.68 bits per heavy atom. The molecule has 2 rings (SSSR count). The highest BCUT2D eigenvalue weighted by Crippen LogP contribution is 2.55. The van der Waals surface area contributed by atoms with Gasteiger partial charge in [-0.1, -0.05) is 0 Å². The molecule has 154 valence electrons. The van der Waals surface area contributed by atoms with Gasteiger partial charge in [0.2, 0.25) is 0 Å². The van der Waals surface area contributed by atoms with Crippen molar-refractivity contribution in [2.45, 2.75) is 52.7 Å². The Balaban J connectivity index is 2.22. The van der Waals surface area contributed by atoms with E-state index >= 15 is 0 Å². The lowest BCUT2D eigenvalue weighted by atomic mass is 10.1. The maximum atomic E-state index is 13.0. The van der Waals surface area contributed by atoms with E-state index in [1.807, 2.05) is 0 Å². The van der Waals surface area contributed by atoms with Crippen LogP contribution in [0.5, 0.6) is 5.75 Å². The summed E-state index contributed by atoms with van der Waals surface area (Å²) in [4.78, 5) is 14.8. The van der Waals surface area contributed by atoms with E-state index in [2.05, 4.69) is 4.98 Å². The summed E-state index contributed by atoms with van der Waals surface area (Å²) in [6.45, 7) is 9.90. The highest BCUT2D eigenvalue weighted by Gasteiger charge is 2.37. The van der Waals surface area contributed by atoms with Crippen LogP contribution in [-0.2, 0) is 18.1 Å². The molecule has 0 spiro atoms. The van der Waals surface area contributed by atoms with Gasteiger partial charge < -0.3 is 4.74 Å². The molecule has 28 heavy (non-hydrogen) atoms. The predicted molar refractivity (Wildman–Crippen MR) is 104 cm³/mol. The number of phosphoric ester groups is 1. The van der Waals surface area contributed by atoms with Crippen LogP contribution in [0.15, 0.2) is 30.5 Å². The van der Waals surface area contributed by atoms with Gasteiger partial charge in [-0.25, -0.2) is 9.09 Å². The van der Waals surface area contributed by atoms with E-state index in [0.29, 0.717) is 10.9 Å². The predicted octanol–water partition coefficient (Wildman–Crippen LogP) is 5.23. The van der Waals surface area contributed by atoms with Gasteiger partial charge in [-0.3, -0.25) is 24.1 Å². The monoisotopic (exact) mass is 412 g/mol. The van der Waals surface area contributed by atoms with Crippen LogP contribution in [0, 0.1) is 10.1 Å². The fourth-order valence-corrected chi connectivity index (χ4v) is 3.97. The molecule has 1 heterocycles. The number of hydrogen-bond donors (Lipinski definition) is 0. The Morgan fingerprint density at radius 3 is 2.21 bits per heavy atom. The van der Waals surface area contributed by atoms with Crippen molar-refractivity contribution in [2.75, 3.05) is 6.79 Å². The maximum absolute atomic E-state index is 13.0. The summed E-state index contributed by atoms with van der Waals surface area (Å²) in [6.07, 6.45) is 1.50. The molecule has 2 aromatic rings. The quantitative estimate of drug-likeness (QED) is 0.263. The number of hydrogen-bond acceptors (Lipinski definition) is 8. The van der Waals surface area contributed by atoms with Crippen molar-refractivity contribution >= 4 is 24.4 Å². The van der Waals surface area contributed by atoms with E-state index in [-0.39, 0.29) is 11.4 Å². The highest BCUT2D eigenvalue weighted by molar-refractivity contribution is 7.48. The smallest absolute Gasteiger partial charge is 0.465 e. The molecule has 9 nitrogen and oxygen atoms in total. The number of nitro benzene ring substituents is 1. The van der Waals surface area contributed by atoms with E-state index in [1.54, 1.807) is 53.7 Å². The lowest BCUT2D eigenvalue weighted by Gasteiger charge is -2.30. The number of ether oxygens (including phenoxy) is 1. The number of benzene rings is 1. The van der Waals surface area contributed by atoms with Crippen molar-refractivity contribution in [1.29, 1.82) is 0 Å². The second-order valence-corrected chi connectivity index (χ2v) is 9.50. The summed E-state index contributed by atoms with van der Waals surface area (Å²) >= 11 is 0. The molecule has 0 unspecified atom stereocenters. The number of nitrogens with zero attached hydrogens (tertiary/aromatic N) is 2. The molecule has 0 saturated carbocycles. The minimum Gasteiger partial charge on any atom is -0.465 e. The zero-order valence-corrected chi connectivity index (χ0v) is 17.7. The fraction of sp³-hybridized carbons (Fsp3) is 0.500. The molecule has 10 heteroatoms. The lowest BCUT2D eigenvalue weighted by molar-refractivity contribution is -0.383. The zero-order chi connectivity index (χ0) is 21.2. The van der Waals surface area contributed by atoms with Gasteiger partial charge in [0.25, 0.3) is 5.69 Å². The minimum atomic E-state index is -3.94. The van der Waals surface area contributed by atoms with Gasteiger partial charge in [-0.05, 0) is 59.7 Å². The Bertz CT molecular complexity index is 883. The van der Waals surface area contributed by atoms with Crippen LogP contribution in [0.1, 0.15) is 41.5 Å². The van der Waals surface area contributed by atoms with Crippen molar-refractivity contribution in [3.05, 3.63) is 40.6 Å². The molecule has 0 atom stereocenters. The maximum Gasteiger partial charge on any atom is 0.478 e. The van der Waals surface area contributed by atoms with Gasteiger partial charge in [0.1, 0.15) is 11.3 Å². The van der Waals surface area contributed by atoms with E-state index < -0.39 is 30.7 Å². The number of phosphoric acid groups is 1.